The van der Waals surface area contributed by atoms with Crippen molar-refractivity contribution in [3.63, 3.8) is 0 Å². The average Bonchev–Trinajstić information content (AvgIpc) is 2.49. The van der Waals surface area contributed by atoms with E-state index in [1.54, 1.807) is 6.20 Å². The molecule has 1 aromatic carbocycles. The van der Waals surface area contributed by atoms with E-state index < -0.39 is 0 Å². The maximum atomic E-state index is 9.22. The smallest absolute Gasteiger partial charge is 0.196 e. The van der Waals surface area contributed by atoms with Gasteiger partial charge in [-0.3, -0.25) is 0 Å². The van der Waals surface area contributed by atoms with Crippen molar-refractivity contribution in [1.82, 2.24) is 4.73 Å². The van der Waals surface area contributed by atoms with Gasteiger partial charge >= 0.3 is 0 Å². The Hall–Kier alpha value is -1.13. The fraction of sp³-hybridized carbons (Fsp3) is 0. The van der Waals surface area contributed by atoms with E-state index in [0.717, 1.165) is 15.2 Å². The van der Waals surface area contributed by atoms with Crippen LogP contribution < -0.4 is 0 Å². The van der Waals surface area contributed by atoms with Crippen LogP contribution in [0.1, 0.15) is 0 Å². The van der Waals surface area contributed by atoms with Crippen LogP contribution in [0.15, 0.2) is 36.5 Å². The molecule has 0 radical (unpaired) electrons. The Bertz CT molecular complexity index is 458. The molecule has 1 N–H and O–H groups in total. The molecular formula is C9H7NOS2. The van der Waals surface area contributed by atoms with E-state index in [-0.39, 0.29) is 0 Å². The van der Waals surface area contributed by atoms with Gasteiger partial charge in [-0.15, -0.1) is 11.3 Å². The minimum atomic E-state index is 0.471. The fourth-order valence-corrected chi connectivity index (χ4v) is 2.13. The van der Waals surface area contributed by atoms with Crippen molar-refractivity contribution in [1.29, 1.82) is 0 Å². The zero-order valence-corrected chi connectivity index (χ0v) is 8.31. The summed E-state index contributed by atoms with van der Waals surface area (Å²) in [6, 6.07) is 9.85. The molecule has 0 amide bonds. The summed E-state index contributed by atoms with van der Waals surface area (Å²) >= 11 is 6.30. The molecule has 0 bridgehead atoms. The molecule has 0 unspecified atom stereocenters. The van der Waals surface area contributed by atoms with Crippen LogP contribution in [0.4, 0.5) is 0 Å². The van der Waals surface area contributed by atoms with Crippen molar-refractivity contribution in [2.45, 2.75) is 0 Å². The fourth-order valence-electron chi connectivity index (χ4n) is 1.07. The highest BCUT2D eigenvalue weighted by Gasteiger charge is 2.01. The molecule has 66 valence electrons. The van der Waals surface area contributed by atoms with Crippen LogP contribution in [0.2, 0.25) is 0 Å². The van der Waals surface area contributed by atoms with Gasteiger partial charge in [-0.05, 0) is 17.8 Å². The van der Waals surface area contributed by atoms with Crippen molar-refractivity contribution < 1.29 is 5.21 Å². The quantitative estimate of drug-likeness (QED) is 0.576. The summed E-state index contributed by atoms with van der Waals surface area (Å²) in [6.07, 6.45) is 1.63. The van der Waals surface area contributed by atoms with Crippen LogP contribution in [0.25, 0.3) is 10.4 Å². The summed E-state index contributed by atoms with van der Waals surface area (Å²) in [5.74, 6) is 0. The summed E-state index contributed by atoms with van der Waals surface area (Å²) in [5.41, 5.74) is 1.08. The van der Waals surface area contributed by atoms with Gasteiger partial charge in [0.05, 0.1) is 11.1 Å². The first kappa shape index (κ1) is 8.47. The molecule has 0 saturated heterocycles. The third-order valence-corrected chi connectivity index (χ3v) is 3.04. The van der Waals surface area contributed by atoms with Gasteiger partial charge in [-0.25, -0.2) is 0 Å². The molecule has 2 aromatic rings. The first-order chi connectivity index (χ1) is 6.27. The number of rotatable bonds is 1. The predicted molar refractivity (Wildman–Crippen MR) is 55.8 cm³/mol. The summed E-state index contributed by atoms with van der Waals surface area (Å²) in [6.45, 7) is 0. The number of nitrogens with zero attached hydrogens (tertiary/aromatic N) is 1. The maximum absolute atomic E-state index is 9.22. The lowest BCUT2D eigenvalue weighted by atomic mass is 10.2. The minimum Gasteiger partial charge on any atom is -0.427 e. The molecule has 0 fully saturated rings. The SMILES string of the molecule is On1cc(-c2ccccc2)sc1=S. The van der Waals surface area contributed by atoms with Crippen LogP contribution in [0.3, 0.4) is 0 Å². The molecule has 1 heterocycles. The monoisotopic (exact) mass is 209 g/mol. The van der Waals surface area contributed by atoms with E-state index in [2.05, 4.69) is 0 Å². The molecule has 0 spiro atoms. The first-order valence-electron chi connectivity index (χ1n) is 3.74. The predicted octanol–water partition coefficient (Wildman–Crippen LogP) is 3.18. The molecule has 1 aromatic heterocycles. The van der Waals surface area contributed by atoms with E-state index in [1.807, 2.05) is 30.3 Å². The van der Waals surface area contributed by atoms with E-state index in [1.165, 1.54) is 11.3 Å². The normalized spacial score (nSPS) is 10.2. The summed E-state index contributed by atoms with van der Waals surface area (Å²) in [5, 5.41) is 9.22. The third-order valence-electron chi connectivity index (χ3n) is 1.68. The van der Waals surface area contributed by atoms with Gasteiger partial charge in [-0.2, -0.15) is 4.73 Å². The number of aromatic nitrogens is 1. The highest BCUT2D eigenvalue weighted by Crippen LogP contribution is 2.24. The summed E-state index contributed by atoms with van der Waals surface area (Å²) < 4.78 is 1.45. The van der Waals surface area contributed by atoms with Crippen molar-refractivity contribution in [3.05, 3.63) is 40.5 Å². The maximum Gasteiger partial charge on any atom is 0.196 e. The van der Waals surface area contributed by atoms with Crippen LogP contribution in [-0.2, 0) is 0 Å². The molecule has 0 aliphatic rings. The lowest BCUT2D eigenvalue weighted by Gasteiger charge is -1.92. The lowest BCUT2D eigenvalue weighted by Crippen LogP contribution is -1.83. The highest BCUT2D eigenvalue weighted by molar-refractivity contribution is 7.73. The van der Waals surface area contributed by atoms with E-state index >= 15 is 0 Å². The Labute approximate surface area is 84.7 Å². The highest BCUT2D eigenvalue weighted by atomic mass is 32.1. The molecule has 4 heteroatoms. The Balaban J connectivity index is 2.54. The second-order valence-electron chi connectivity index (χ2n) is 2.57. The first-order valence-corrected chi connectivity index (χ1v) is 4.97. The van der Waals surface area contributed by atoms with Crippen molar-refractivity contribution in [2.75, 3.05) is 0 Å². The molecule has 2 nitrogen and oxygen atoms in total. The molecule has 0 aliphatic heterocycles. The van der Waals surface area contributed by atoms with Crippen LogP contribution in [0.5, 0.6) is 0 Å². The van der Waals surface area contributed by atoms with Crippen LogP contribution in [0, 0.1) is 3.95 Å². The number of hydrogen-bond acceptors (Lipinski definition) is 3. The Kier molecular flexibility index (Phi) is 2.16. The Morgan fingerprint density at radius 1 is 1.23 bits per heavy atom. The number of benzene rings is 1. The summed E-state index contributed by atoms with van der Waals surface area (Å²) in [7, 11) is 0. The van der Waals surface area contributed by atoms with Crippen molar-refractivity contribution in [2.24, 2.45) is 0 Å². The molecule has 0 saturated carbocycles. The number of thiazole rings is 1. The number of hydrogen-bond donors (Lipinski definition) is 1. The van der Waals surface area contributed by atoms with Gasteiger partial charge in [0.2, 0.25) is 0 Å². The van der Waals surface area contributed by atoms with Crippen LogP contribution in [-0.4, -0.2) is 9.94 Å². The minimum absolute atomic E-state index is 0.471. The van der Waals surface area contributed by atoms with Crippen LogP contribution >= 0.6 is 23.6 Å². The largest absolute Gasteiger partial charge is 0.427 e. The van der Waals surface area contributed by atoms with Gasteiger partial charge in [0.15, 0.2) is 3.95 Å². The molecule has 13 heavy (non-hydrogen) atoms. The Morgan fingerprint density at radius 2 is 1.92 bits per heavy atom. The third kappa shape index (κ3) is 1.64. The van der Waals surface area contributed by atoms with E-state index in [4.69, 9.17) is 12.2 Å². The zero-order valence-electron chi connectivity index (χ0n) is 6.68. The van der Waals surface area contributed by atoms with Gasteiger partial charge < -0.3 is 5.21 Å². The second-order valence-corrected chi connectivity index (χ2v) is 4.25. The molecule has 0 atom stereocenters. The lowest BCUT2D eigenvalue weighted by molar-refractivity contribution is 0.185. The topological polar surface area (TPSA) is 25.2 Å². The van der Waals surface area contributed by atoms with E-state index in [9.17, 15) is 5.21 Å². The van der Waals surface area contributed by atoms with E-state index in [0.29, 0.717) is 3.95 Å². The second kappa shape index (κ2) is 3.32. The molecule has 0 aliphatic carbocycles. The molecule has 2 rings (SSSR count). The van der Waals surface area contributed by atoms with Gasteiger partial charge in [-0.1, -0.05) is 30.3 Å². The standard InChI is InChI=1S/C9H7NOS2/c11-10-6-8(13-9(10)12)7-4-2-1-3-5-7/h1-6,11H. The Morgan fingerprint density at radius 3 is 2.46 bits per heavy atom. The summed E-state index contributed by atoms with van der Waals surface area (Å²) in [4.78, 5) is 0.980. The zero-order chi connectivity index (χ0) is 9.26. The van der Waals surface area contributed by atoms with Crippen molar-refractivity contribution >= 4 is 23.6 Å². The van der Waals surface area contributed by atoms with Gasteiger partial charge in [0, 0.05) is 0 Å². The van der Waals surface area contributed by atoms with Gasteiger partial charge in [0.1, 0.15) is 0 Å². The van der Waals surface area contributed by atoms with Crippen molar-refractivity contribution in [3.8, 4) is 10.4 Å². The van der Waals surface area contributed by atoms with Gasteiger partial charge in [0.25, 0.3) is 0 Å². The molecular weight excluding hydrogens is 202 g/mol. The average molecular weight is 209 g/mol.